The first kappa shape index (κ1) is 18.3. The zero-order chi connectivity index (χ0) is 19.9. The van der Waals surface area contributed by atoms with Crippen LogP contribution in [0.1, 0.15) is 0 Å². The van der Waals surface area contributed by atoms with E-state index in [-0.39, 0.29) is 21.1 Å². The minimum absolute atomic E-state index is 0.0000610. The van der Waals surface area contributed by atoms with Crippen molar-refractivity contribution in [1.82, 2.24) is 4.98 Å². The molecule has 0 fully saturated rings. The largest absolute Gasteiger partial charge is 0.506 e. The summed E-state index contributed by atoms with van der Waals surface area (Å²) >= 11 is 5.94. The van der Waals surface area contributed by atoms with Gasteiger partial charge in [-0.25, -0.2) is 8.42 Å². The van der Waals surface area contributed by atoms with Crippen LogP contribution < -0.4 is 5.56 Å². The molecule has 0 amide bonds. The van der Waals surface area contributed by atoms with Crippen LogP contribution in [0.15, 0.2) is 87.4 Å². The minimum Gasteiger partial charge on any atom is -0.506 e. The first-order valence-corrected chi connectivity index (χ1v) is 10.2. The molecular weight excluding hydrogens is 398 g/mol. The fourth-order valence-corrected chi connectivity index (χ4v) is 4.58. The van der Waals surface area contributed by atoms with Crippen molar-refractivity contribution in [3.05, 3.63) is 88.2 Å². The number of nitrogens with one attached hydrogen (secondary N) is 1. The van der Waals surface area contributed by atoms with E-state index < -0.39 is 15.4 Å². The number of rotatable bonds is 3. The van der Waals surface area contributed by atoms with Crippen LogP contribution in [0.25, 0.3) is 22.0 Å². The maximum atomic E-state index is 12.9. The molecule has 0 radical (unpaired) electrons. The van der Waals surface area contributed by atoms with Crippen LogP contribution in [0, 0.1) is 0 Å². The number of halogens is 1. The summed E-state index contributed by atoms with van der Waals surface area (Å²) in [4.78, 5) is 15.5. The molecule has 5 nitrogen and oxygen atoms in total. The summed E-state index contributed by atoms with van der Waals surface area (Å²) in [7, 11) is -3.75. The topological polar surface area (TPSA) is 87.2 Å². The van der Waals surface area contributed by atoms with Gasteiger partial charge in [-0.1, -0.05) is 41.9 Å². The lowest BCUT2D eigenvalue weighted by atomic mass is 10.0. The van der Waals surface area contributed by atoms with E-state index in [9.17, 15) is 18.3 Å². The quantitative estimate of drug-likeness (QED) is 0.523. The molecule has 2 N–H and O–H groups in total. The van der Waals surface area contributed by atoms with E-state index >= 15 is 0 Å². The van der Waals surface area contributed by atoms with Gasteiger partial charge in [-0.2, -0.15) is 0 Å². The van der Waals surface area contributed by atoms with Gasteiger partial charge in [0.15, 0.2) is 0 Å². The molecule has 0 bridgehead atoms. The van der Waals surface area contributed by atoms with Gasteiger partial charge < -0.3 is 10.1 Å². The lowest BCUT2D eigenvalue weighted by Crippen LogP contribution is -2.10. The van der Waals surface area contributed by atoms with Crippen LogP contribution in [-0.4, -0.2) is 18.5 Å². The van der Waals surface area contributed by atoms with E-state index in [0.717, 1.165) is 0 Å². The van der Waals surface area contributed by atoms with E-state index in [2.05, 4.69) is 4.98 Å². The van der Waals surface area contributed by atoms with Crippen LogP contribution >= 0.6 is 11.6 Å². The average molecular weight is 412 g/mol. The van der Waals surface area contributed by atoms with Crippen molar-refractivity contribution in [3.8, 4) is 16.9 Å². The molecule has 7 heteroatoms. The van der Waals surface area contributed by atoms with E-state index in [1.54, 1.807) is 36.4 Å². The third-order valence-corrected chi connectivity index (χ3v) is 6.44. The second kappa shape index (κ2) is 6.82. The summed E-state index contributed by atoms with van der Waals surface area (Å²) in [6.45, 7) is 0. The Kier molecular flexibility index (Phi) is 4.45. The highest BCUT2D eigenvalue weighted by Crippen LogP contribution is 2.34. The van der Waals surface area contributed by atoms with Crippen LogP contribution in [0.2, 0.25) is 5.02 Å². The number of H-pyrrole nitrogens is 1. The standard InChI is InChI=1S/C21H14ClNO4S/c22-14-9-10-17-18(12-14)23-21(25)19(20(17)24)13-5-4-8-16(11-13)28(26,27)15-6-2-1-3-7-15/h1-12H,(H2,23,24,25). The Balaban J connectivity index is 1.92. The van der Waals surface area contributed by atoms with E-state index in [4.69, 9.17) is 11.6 Å². The number of aromatic hydroxyl groups is 1. The first-order valence-electron chi connectivity index (χ1n) is 8.33. The predicted octanol–water partition coefficient (Wildman–Crippen LogP) is 4.39. The molecule has 0 unspecified atom stereocenters. The fraction of sp³-hybridized carbons (Fsp3) is 0. The third-order valence-electron chi connectivity index (χ3n) is 4.44. The fourth-order valence-electron chi connectivity index (χ4n) is 3.08. The molecule has 4 aromatic rings. The molecule has 28 heavy (non-hydrogen) atoms. The maximum absolute atomic E-state index is 12.9. The number of aromatic nitrogens is 1. The summed E-state index contributed by atoms with van der Waals surface area (Å²) in [5.41, 5.74) is 0.154. The summed E-state index contributed by atoms with van der Waals surface area (Å²) in [6, 6.07) is 18.7. The smallest absolute Gasteiger partial charge is 0.260 e. The summed E-state index contributed by atoms with van der Waals surface area (Å²) in [5, 5.41) is 11.5. The summed E-state index contributed by atoms with van der Waals surface area (Å²) in [6.07, 6.45) is 0. The van der Waals surface area contributed by atoms with Crippen molar-refractivity contribution in [1.29, 1.82) is 0 Å². The minimum atomic E-state index is -3.75. The van der Waals surface area contributed by atoms with Crippen molar-refractivity contribution in [2.45, 2.75) is 9.79 Å². The molecule has 1 aromatic heterocycles. The number of pyridine rings is 1. The molecule has 0 atom stereocenters. The Hall–Kier alpha value is -3.09. The number of aromatic amines is 1. The molecule has 1 heterocycles. The number of sulfone groups is 1. The molecule has 4 rings (SSSR count). The maximum Gasteiger partial charge on any atom is 0.260 e. The monoisotopic (exact) mass is 411 g/mol. The number of benzene rings is 3. The number of hydrogen-bond acceptors (Lipinski definition) is 4. The van der Waals surface area contributed by atoms with Gasteiger partial charge in [0.1, 0.15) is 5.75 Å². The zero-order valence-electron chi connectivity index (χ0n) is 14.4. The molecule has 0 spiro atoms. The lowest BCUT2D eigenvalue weighted by Gasteiger charge is -2.10. The van der Waals surface area contributed by atoms with Gasteiger partial charge in [0.25, 0.3) is 5.56 Å². The van der Waals surface area contributed by atoms with Crippen molar-refractivity contribution in [2.75, 3.05) is 0 Å². The molecule has 0 saturated carbocycles. The highest BCUT2D eigenvalue weighted by Gasteiger charge is 2.20. The van der Waals surface area contributed by atoms with Crippen LogP contribution in [0.3, 0.4) is 0 Å². The Morgan fingerprint density at radius 3 is 2.32 bits per heavy atom. The Morgan fingerprint density at radius 1 is 0.857 bits per heavy atom. The van der Waals surface area contributed by atoms with Crippen LogP contribution in [0.4, 0.5) is 0 Å². The van der Waals surface area contributed by atoms with Crippen molar-refractivity contribution < 1.29 is 13.5 Å². The van der Waals surface area contributed by atoms with Gasteiger partial charge in [-0.15, -0.1) is 0 Å². The Bertz CT molecular complexity index is 1360. The van der Waals surface area contributed by atoms with Crippen molar-refractivity contribution in [3.63, 3.8) is 0 Å². The zero-order valence-corrected chi connectivity index (χ0v) is 16.0. The van der Waals surface area contributed by atoms with Crippen molar-refractivity contribution >= 4 is 32.3 Å². The van der Waals surface area contributed by atoms with Crippen LogP contribution in [0.5, 0.6) is 5.75 Å². The van der Waals surface area contributed by atoms with E-state index in [0.29, 0.717) is 21.5 Å². The van der Waals surface area contributed by atoms with E-state index in [1.165, 1.54) is 36.4 Å². The molecule has 3 aromatic carbocycles. The molecular formula is C21H14ClNO4S. The van der Waals surface area contributed by atoms with Crippen LogP contribution in [-0.2, 0) is 9.84 Å². The summed E-state index contributed by atoms with van der Waals surface area (Å²) < 4.78 is 25.7. The Morgan fingerprint density at radius 2 is 1.57 bits per heavy atom. The van der Waals surface area contributed by atoms with Gasteiger partial charge >= 0.3 is 0 Å². The van der Waals surface area contributed by atoms with Gasteiger partial charge in [-0.3, -0.25) is 4.79 Å². The second-order valence-electron chi connectivity index (χ2n) is 6.21. The SMILES string of the molecule is O=c1[nH]c2cc(Cl)ccc2c(O)c1-c1cccc(S(=O)(=O)c2ccccc2)c1. The number of fused-ring (bicyclic) bond motifs is 1. The second-order valence-corrected chi connectivity index (χ2v) is 8.60. The molecule has 0 aliphatic heterocycles. The number of hydrogen-bond donors (Lipinski definition) is 2. The molecule has 0 aliphatic carbocycles. The molecule has 0 aliphatic rings. The van der Waals surface area contributed by atoms with Gasteiger partial charge in [0.05, 0.1) is 20.9 Å². The highest BCUT2D eigenvalue weighted by atomic mass is 35.5. The summed E-state index contributed by atoms with van der Waals surface area (Å²) in [5.74, 6) is -0.232. The van der Waals surface area contributed by atoms with Gasteiger partial charge in [0, 0.05) is 10.4 Å². The highest BCUT2D eigenvalue weighted by molar-refractivity contribution is 7.91. The first-order chi connectivity index (χ1) is 13.4. The van der Waals surface area contributed by atoms with E-state index in [1.807, 2.05) is 0 Å². The van der Waals surface area contributed by atoms with Crippen molar-refractivity contribution in [2.24, 2.45) is 0 Å². The normalized spacial score (nSPS) is 11.6. The Labute approximate surface area is 165 Å². The lowest BCUT2D eigenvalue weighted by molar-refractivity contribution is 0.482. The average Bonchev–Trinajstić information content (AvgIpc) is 2.68. The van der Waals surface area contributed by atoms with Gasteiger partial charge in [0.2, 0.25) is 9.84 Å². The molecule has 0 saturated heterocycles. The van der Waals surface area contributed by atoms with Gasteiger partial charge in [-0.05, 0) is 48.0 Å². The third kappa shape index (κ3) is 3.06. The molecule has 140 valence electrons. The predicted molar refractivity (Wildman–Crippen MR) is 109 cm³/mol.